The van der Waals surface area contributed by atoms with Crippen LogP contribution in [0.5, 0.6) is 5.75 Å². The quantitative estimate of drug-likeness (QED) is 0.477. The van der Waals surface area contributed by atoms with Crippen molar-refractivity contribution in [2.45, 2.75) is 43.8 Å². The Bertz CT molecular complexity index is 1390. The molecule has 1 unspecified atom stereocenters. The number of aliphatic carboxylic acids is 1. The number of fused-ring (bicyclic) bond motifs is 2. The molecule has 0 bridgehead atoms. The van der Waals surface area contributed by atoms with Crippen molar-refractivity contribution in [3.8, 4) is 5.75 Å². The van der Waals surface area contributed by atoms with Crippen molar-refractivity contribution in [1.82, 2.24) is 24.3 Å². The molecule has 2 aliphatic heterocycles. The molecule has 0 aliphatic carbocycles. The van der Waals surface area contributed by atoms with Gasteiger partial charge in [-0.25, -0.2) is 9.78 Å². The maximum Gasteiger partial charge on any atom is 0.490 e. The molecule has 1 atom stereocenters. The first-order valence-electron chi connectivity index (χ1n) is 12.7. The van der Waals surface area contributed by atoms with E-state index in [0.717, 1.165) is 17.1 Å². The number of imidazole rings is 1. The zero-order valence-corrected chi connectivity index (χ0v) is 22.4. The van der Waals surface area contributed by atoms with Crippen LogP contribution in [0.1, 0.15) is 34.7 Å². The number of ether oxygens (including phenoxy) is 2. The second-order valence-electron chi connectivity index (χ2n) is 9.67. The molecule has 2 aromatic heterocycles. The summed E-state index contributed by atoms with van der Waals surface area (Å²) in [4.78, 5) is 41.3. The van der Waals surface area contributed by atoms with Crippen LogP contribution in [0.4, 0.5) is 13.2 Å². The van der Waals surface area contributed by atoms with Crippen LogP contribution < -0.4 is 10.1 Å². The Kier molecular flexibility index (Phi) is 8.71. The van der Waals surface area contributed by atoms with E-state index in [0.29, 0.717) is 44.7 Å². The fourth-order valence-electron chi connectivity index (χ4n) is 4.88. The standard InChI is InChI=1S/C25H29N5O4.C2HF3O2/c1-28-11-4-7-20(28)23(32)29-12-8-25(9-13-29)24-26-10-14-30(24)17-21(34-25)22(31)27-16-18-5-3-6-19(15-18)33-2;3-2(4,5)1(6)7/h3-7,10-11,14-15,21H,8-9,12-13,16-17H2,1-2H3,(H,27,31);(H,6,7). The van der Waals surface area contributed by atoms with Crippen molar-refractivity contribution in [2.75, 3.05) is 20.2 Å². The Labute approximate surface area is 233 Å². The average molecular weight is 578 g/mol. The number of hydrogen-bond donors (Lipinski definition) is 2. The van der Waals surface area contributed by atoms with E-state index in [1.807, 2.05) is 69.9 Å². The summed E-state index contributed by atoms with van der Waals surface area (Å²) < 4.78 is 47.3. The van der Waals surface area contributed by atoms with Gasteiger partial charge in [0.2, 0.25) is 0 Å². The van der Waals surface area contributed by atoms with Gasteiger partial charge in [-0.2, -0.15) is 13.2 Å². The van der Waals surface area contributed by atoms with Crippen LogP contribution in [-0.2, 0) is 40.1 Å². The molecule has 3 aromatic rings. The lowest BCUT2D eigenvalue weighted by Gasteiger charge is -2.45. The molecule has 1 aromatic carbocycles. The van der Waals surface area contributed by atoms with E-state index in [4.69, 9.17) is 19.4 Å². The third-order valence-electron chi connectivity index (χ3n) is 7.01. The molecule has 1 fully saturated rings. The predicted molar refractivity (Wildman–Crippen MR) is 138 cm³/mol. The van der Waals surface area contributed by atoms with Crippen molar-refractivity contribution >= 4 is 17.8 Å². The molecule has 2 N–H and O–H groups in total. The first-order chi connectivity index (χ1) is 19.4. The van der Waals surface area contributed by atoms with E-state index < -0.39 is 23.9 Å². The summed E-state index contributed by atoms with van der Waals surface area (Å²) in [6.45, 7) is 1.87. The van der Waals surface area contributed by atoms with E-state index >= 15 is 0 Å². The first-order valence-corrected chi connectivity index (χ1v) is 12.7. The normalized spacial score (nSPS) is 17.7. The van der Waals surface area contributed by atoms with E-state index in [9.17, 15) is 22.8 Å². The number of nitrogens with one attached hydrogen (secondary N) is 1. The summed E-state index contributed by atoms with van der Waals surface area (Å²) in [5.41, 5.74) is 0.927. The number of benzene rings is 1. The highest BCUT2D eigenvalue weighted by atomic mass is 19.4. The van der Waals surface area contributed by atoms with E-state index in [1.165, 1.54) is 0 Å². The minimum Gasteiger partial charge on any atom is -0.497 e. The Hall–Kier alpha value is -4.33. The zero-order chi connectivity index (χ0) is 29.8. The Morgan fingerprint density at radius 3 is 2.49 bits per heavy atom. The third-order valence-corrected chi connectivity index (χ3v) is 7.01. The summed E-state index contributed by atoms with van der Waals surface area (Å²) >= 11 is 0. The second kappa shape index (κ2) is 12.0. The van der Waals surface area contributed by atoms with Crippen molar-refractivity contribution in [1.29, 1.82) is 0 Å². The van der Waals surface area contributed by atoms with Gasteiger partial charge >= 0.3 is 12.1 Å². The molecule has 220 valence electrons. The number of carbonyl (C=O) groups is 3. The largest absolute Gasteiger partial charge is 0.497 e. The number of piperidine rings is 1. The molecule has 2 amide bonds. The monoisotopic (exact) mass is 577 g/mol. The molecule has 0 radical (unpaired) electrons. The van der Waals surface area contributed by atoms with Crippen molar-refractivity contribution in [2.24, 2.45) is 7.05 Å². The van der Waals surface area contributed by atoms with Crippen LogP contribution in [0.3, 0.4) is 0 Å². The molecule has 5 rings (SSSR count). The number of carboxylic acids is 1. The molecule has 2 aliphatic rings. The summed E-state index contributed by atoms with van der Waals surface area (Å²) in [5.74, 6) is -1.33. The number of carboxylic acid groups (broad SMARTS) is 1. The van der Waals surface area contributed by atoms with Gasteiger partial charge in [0, 0.05) is 58.1 Å². The highest BCUT2D eigenvalue weighted by Gasteiger charge is 2.47. The van der Waals surface area contributed by atoms with Gasteiger partial charge in [-0.1, -0.05) is 12.1 Å². The lowest BCUT2D eigenvalue weighted by atomic mass is 9.88. The fraction of sp³-hybridized carbons (Fsp3) is 0.407. The highest BCUT2D eigenvalue weighted by Crippen LogP contribution is 2.40. The van der Waals surface area contributed by atoms with Gasteiger partial charge in [0.1, 0.15) is 22.9 Å². The second-order valence-corrected chi connectivity index (χ2v) is 9.67. The first kappa shape index (κ1) is 29.6. The van der Waals surface area contributed by atoms with Crippen LogP contribution in [0, 0.1) is 0 Å². The predicted octanol–water partition coefficient (Wildman–Crippen LogP) is 2.71. The van der Waals surface area contributed by atoms with Gasteiger partial charge in [-0.3, -0.25) is 9.59 Å². The van der Waals surface area contributed by atoms with Gasteiger partial charge in [-0.15, -0.1) is 0 Å². The Morgan fingerprint density at radius 2 is 1.88 bits per heavy atom. The number of amides is 2. The fourth-order valence-corrected chi connectivity index (χ4v) is 4.88. The van der Waals surface area contributed by atoms with Gasteiger partial charge in [-0.05, 0) is 29.8 Å². The lowest BCUT2D eigenvalue weighted by Crippen LogP contribution is -2.54. The molecule has 14 heteroatoms. The molecule has 4 heterocycles. The SMILES string of the molecule is COc1cccc(CNC(=O)C2Cn3ccnc3C3(CCN(C(=O)c4cccn4C)CC3)O2)c1.O=C(O)C(F)(F)F. The van der Waals surface area contributed by atoms with Crippen LogP contribution in [0.2, 0.25) is 0 Å². The Morgan fingerprint density at radius 1 is 1.17 bits per heavy atom. The number of likely N-dealkylation sites (tertiary alicyclic amines) is 1. The molecule has 41 heavy (non-hydrogen) atoms. The van der Waals surface area contributed by atoms with Crippen molar-refractivity contribution < 1.29 is 42.1 Å². The maximum atomic E-state index is 13.1. The summed E-state index contributed by atoms with van der Waals surface area (Å²) in [6.07, 6.45) is 0.957. The Balaban J connectivity index is 0.000000493. The van der Waals surface area contributed by atoms with Crippen LogP contribution in [0.15, 0.2) is 55.0 Å². The van der Waals surface area contributed by atoms with E-state index in [1.54, 1.807) is 13.3 Å². The number of hydrogen-bond acceptors (Lipinski definition) is 6. The average Bonchev–Trinajstić information content (AvgIpc) is 3.61. The number of methoxy groups -OCH3 is 1. The molecular weight excluding hydrogens is 547 g/mol. The topological polar surface area (TPSA) is 128 Å². The number of rotatable bonds is 5. The molecule has 1 saturated heterocycles. The minimum absolute atomic E-state index is 0.00841. The van der Waals surface area contributed by atoms with E-state index in [-0.39, 0.29) is 11.8 Å². The highest BCUT2D eigenvalue weighted by molar-refractivity contribution is 5.92. The van der Waals surface area contributed by atoms with Crippen LogP contribution in [-0.4, -0.2) is 74.4 Å². The number of alkyl halides is 3. The van der Waals surface area contributed by atoms with Gasteiger partial charge in [0.15, 0.2) is 6.10 Å². The van der Waals surface area contributed by atoms with Crippen molar-refractivity contribution in [3.05, 3.63) is 72.1 Å². The number of nitrogens with zero attached hydrogens (tertiary/aromatic N) is 4. The van der Waals surface area contributed by atoms with Gasteiger partial charge in [0.05, 0.1) is 13.7 Å². The number of halogens is 3. The van der Waals surface area contributed by atoms with E-state index in [2.05, 4.69) is 10.3 Å². The molecule has 1 spiro atoms. The smallest absolute Gasteiger partial charge is 0.490 e. The van der Waals surface area contributed by atoms with Gasteiger partial charge < -0.3 is 33.9 Å². The number of aryl methyl sites for hydroxylation is 1. The summed E-state index contributed by atoms with van der Waals surface area (Å²) in [5, 5.41) is 10.1. The number of carbonyl (C=O) groups excluding carboxylic acids is 2. The maximum absolute atomic E-state index is 13.1. The third kappa shape index (κ3) is 6.70. The van der Waals surface area contributed by atoms with Crippen LogP contribution >= 0.6 is 0 Å². The van der Waals surface area contributed by atoms with Crippen molar-refractivity contribution in [3.63, 3.8) is 0 Å². The minimum atomic E-state index is -5.08. The summed E-state index contributed by atoms with van der Waals surface area (Å²) in [7, 11) is 3.49. The number of aromatic nitrogens is 3. The molecule has 11 nitrogen and oxygen atoms in total. The zero-order valence-electron chi connectivity index (χ0n) is 22.4. The van der Waals surface area contributed by atoms with Crippen LogP contribution in [0.25, 0.3) is 0 Å². The summed E-state index contributed by atoms with van der Waals surface area (Å²) in [6, 6.07) is 11.3. The van der Waals surface area contributed by atoms with Gasteiger partial charge in [0.25, 0.3) is 11.8 Å². The lowest BCUT2D eigenvalue weighted by molar-refractivity contribution is -0.192. The molecule has 0 saturated carbocycles. The molecular formula is C27H30F3N5O6.